The van der Waals surface area contributed by atoms with Gasteiger partial charge in [0.1, 0.15) is 6.61 Å². The standard InChI is InChI=1S/C24H24N2O3/c1-6-12-29-22-11-9-19(15-23(22)28-7-2)14-20-18(5)25-26(24(20)27)21-10-8-16(3)13-17(21)4/h1,8-11,13-15H,7,12H2,2-5H3/b20-14+. The molecule has 0 saturated carbocycles. The summed E-state index contributed by atoms with van der Waals surface area (Å²) in [6.07, 6.45) is 7.09. The van der Waals surface area contributed by atoms with Crippen molar-refractivity contribution < 1.29 is 14.3 Å². The van der Waals surface area contributed by atoms with Gasteiger partial charge < -0.3 is 9.47 Å². The van der Waals surface area contributed by atoms with Crippen LogP contribution in [0.15, 0.2) is 47.1 Å². The third-order valence-corrected chi connectivity index (χ3v) is 4.53. The summed E-state index contributed by atoms with van der Waals surface area (Å²) in [6, 6.07) is 11.4. The van der Waals surface area contributed by atoms with Crippen molar-refractivity contribution in [2.75, 3.05) is 18.2 Å². The van der Waals surface area contributed by atoms with Crippen molar-refractivity contribution in [3.63, 3.8) is 0 Å². The number of benzene rings is 2. The van der Waals surface area contributed by atoms with Crippen molar-refractivity contribution in [2.24, 2.45) is 5.10 Å². The predicted octanol–water partition coefficient (Wildman–Crippen LogP) is 4.52. The number of nitrogens with zero attached hydrogens (tertiary/aromatic N) is 2. The molecule has 1 heterocycles. The molecular weight excluding hydrogens is 364 g/mol. The highest BCUT2D eigenvalue weighted by atomic mass is 16.5. The molecule has 1 amide bonds. The van der Waals surface area contributed by atoms with Gasteiger partial charge in [-0.15, -0.1) is 6.42 Å². The van der Waals surface area contributed by atoms with Crippen molar-refractivity contribution in [1.82, 2.24) is 0 Å². The first-order valence-corrected chi connectivity index (χ1v) is 9.46. The number of amides is 1. The Bertz CT molecular complexity index is 1040. The van der Waals surface area contributed by atoms with Gasteiger partial charge in [-0.1, -0.05) is 29.7 Å². The van der Waals surface area contributed by atoms with Crippen LogP contribution in [0.3, 0.4) is 0 Å². The zero-order chi connectivity index (χ0) is 21.0. The summed E-state index contributed by atoms with van der Waals surface area (Å²) in [5.41, 5.74) is 4.97. The van der Waals surface area contributed by atoms with E-state index in [-0.39, 0.29) is 12.5 Å². The number of carbonyl (C=O) groups is 1. The third kappa shape index (κ3) is 4.33. The second-order valence-electron chi connectivity index (χ2n) is 6.78. The van der Waals surface area contributed by atoms with Crippen LogP contribution < -0.4 is 14.5 Å². The molecule has 0 N–H and O–H groups in total. The van der Waals surface area contributed by atoms with Gasteiger partial charge in [0.05, 0.1) is 23.6 Å². The Labute approximate surface area is 171 Å². The third-order valence-electron chi connectivity index (χ3n) is 4.53. The van der Waals surface area contributed by atoms with Crippen molar-refractivity contribution >= 4 is 23.4 Å². The Hall–Kier alpha value is -3.52. The van der Waals surface area contributed by atoms with E-state index >= 15 is 0 Å². The minimum absolute atomic E-state index is 0.153. The number of carbonyl (C=O) groups excluding carboxylic acids is 1. The number of hydrazone groups is 1. The zero-order valence-corrected chi connectivity index (χ0v) is 17.2. The molecule has 0 fully saturated rings. The molecule has 0 atom stereocenters. The van der Waals surface area contributed by atoms with Crippen LogP contribution in [0.25, 0.3) is 6.08 Å². The fourth-order valence-electron chi connectivity index (χ4n) is 3.18. The first-order chi connectivity index (χ1) is 13.9. The van der Waals surface area contributed by atoms with Crippen LogP contribution in [0.5, 0.6) is 11.5 Å². The molecule has 0 aromatic heterocycles. The second kappa shape index (κ2) is 8.66. The van der Waals surface area contributed by atoms with Gasteiger partial charge in [0, 0.05) is 0 Å². The number of hydrogen-bond acceptors (Lipinski definition) is 4. The average molecular weight is 388 g/mol. The maximum atomic E-state index is 13.0. The maximum absolute atomic E-state index is 13.0. The molecule has 29 heavy (non-hydrogen) atoms. The van der Waals surface area contributed by atoms with Gasteiger partial charge in [0.15, 0.2) is 11.5 Å². The van der Waals surface area contributed by atoms with E-state index in [1.165, 1.54) is 5.01 Å². The van der Waals surface area contributed by atoms with Crippen LogP contribution in [-0.4, -0.2) is 24.8 Å². The lowest BCUT2D eigenvalue weighted by molar-refractivity contribution is -0.114. The summed E-state index contributed by atoms with van der Waals surface area (Å²) >= 11 is 0. The van der Waals surface area contributed by atoms with Gasteiger partial charge in [-0.05, 0) is 63.1 Å². The normalized spacial score (nSPS) is 14.7. The molecule has 0 aliphatic carbocycles. The van der Waals surface area contributed by atoms with Crippen LogP contribution in [0.4, 0.5) is 5.69 Å². The lowest BCUT2D eigenvalue weighted by Crippen LogP contribution is -2.22. The maximum Gasteiger partial charge on any atom is 0.280 e. The van der Waals surface area contributed by atoms with E-state index in [0.717, 1.165) is 22.4 Å². The summed E-state index contributed by atoms with van der Waals surface area (Å²) in [7, 11) is 0. The molecule has 0 saturated heterocycles. The summed E-state index contributed by atoms with van der Waals surface area (Å²) < 4.78 is 11.2. The monoisotopic (exact) mass is 388 g/mol. The van der Waals surface area contributed by atoms with E-state index < -0.39 is 0 Å². The predicted molar refractivity (Wildman–Crippen MR) is 116 cm³/mol. The highest BCUT2D eigenvalue weighted by Crippen LogP contribution is 2.31. The molecule has 2 aromatic carbocycles. The topological polar surface area (TPSA) is 51.1 Å². The van der Waals surface area contributed by atoms with Crippen molar-refractivity contribution in [3.05, 3.63) is 58.7 Å². The van der Waals surface area contributed by atoms with Crippen molar-refractivity contribution in [1.29, 1.82) is 0 Å². The molecule has 5 heteroatoms. The van der Waals surface area contributed by atoms with E-state index in [4.69, 9.17) is 15.9 Å². The smallest absolute Gasteiger partial charge is 0.280 e. The highest BCUT2D eigenvalue weighted by molar-refractivity contribution is 6.32. The first-order valence-electron chi connectivity index (χ1n) is 9.46. The molecule has 0 radical (unpaired) electrons. The van der Waals surface area contributed by atoms with E-state index in [0.29, 0.717) is 29.4 Å². The second-order valence-corrected chi connectivity index (χ2v) is 6.78. The van der Waals surface area contributed by atoms with Crippen LogP contribution in [0.2, 0.25) is 0 Å². The van der Waals surface area contributed by atoms with Crippen molar-refractivity contribution in [3.8, 4) is 23.8 Å². The molecule has 5 nitrogen and oxygen atoms in total. The zero-order valence-electron chi connectivity index (χ0n) is 17.2. The molecule has 0 unspecified atom stereocenters. The number of terminal acetylenes is 1. The number of anilines is 1. The fourth-order valence-corrected chi connectivity index (χ4v) is 3.18. The molecule has 1 aliphatic heterocycles. The minimum Gasteiger partial charge on any atom is -0.490 e. The highest BCUT2D eigenvalue weighted by Gasteiger charge is 2.29. The van der Waals surface area contributed by atoms with Gasteiger partial charge in [0.25, 0.3) is 5.91 Å². The SMILES string of the molecule is C#CCOc1ccc(/C=C2/C(=O)N(c3ccc(C)cc3C)N=C2C)cc1OCC. The Balaban J connectivity index is 1.92. The van der Waals surface area contributed by atoms with Gasteiger partial charge in [-0.2, -0.15) is 10.1 Å². The van der Waals surface area contributed by atoms with Gasteiger partial charge in [0.2, 0.25) is 0 Å². The van der Waals surface area contributed by atoms with Gasteiger partial charge in [-0.25, -0.2) is 0 Å². The number of rotatable bonds is 6. The Morgan fingerprint density at radius 1 is 1.10 bits per heavy atom. The number of ether oxygens (including phenoxy) is 2. The van der Waals surface area contributed by atoms with Gasteiger partial charge >= 0.3 is 0 Å². The lowest BCUT2D eigenvalue weighted by atomic mass is 10.1. The number of hydrogen-bond donors (Lipinski definition) is 0. The van der Waals surface area contributed by atoms with E-state index in [9.17, 15) is 4.79 Å². The Morgan fingerprint density at radius 2 is 1.90 bits per heavy atom. The quantitative estimate of drug-likeness (QED) is 0.540. The molecule has 3 rings (SSSR count). The summed E-state index contributed by atoms with van der Waals surface area (Å²) in [5, 5.41) is 5.94. The lowest BCUT2D eigenvalue weighted by Gasteiger charge is -2.15. The first kappa shape index (κ1) is 20.2. The van der Waals surface area contributed by atoms with E-state index in [1.807, 2.05) is 64.1 Å². The van der Waals surface area contributed by atoms with E-state index in [2.05, 4.69) is 11.0 Å². The molecular formula is C24H24N2O3. The number of aryl methyl sites for hydroxylation is 2. The fraction of sp³-hybridized carbons (Fsp3) is 0.250. The average Bonchev–Trinajstić information content (AvgIpc) is 2.96. The molecule has 148 valence electrons. The molecule has 1 aliphatic rings. The largest absolute Gasteiger partial charge is 0.490 e. The minimum atomic E-state index is -0.153. The molecule has 2 aromatic rings. The summed E-state index contributed by atoms with van der Waals surface area (Å²) in [4.78, 5) is 13.0. The Kier molecular flexibility index (Phi) is 6.04. The van der Waals surface area contributed by atoms with Gasteiger partial charge in [-0.3, -0.25) is 4.79 Å². The van der Waals surface area contributed by atoms with Crippen LogP contribution >= 0.6 is 0 Å². The van der Waals surface area contributed by atoms with Crippen molar-refractivity contribution in [2.45, 2.75) is 27.7 Å². The summed E-state index contributed by atoms with van der Waals surface area (Å²) in [6.45, 7) is 8.39. The molecule has 0 bridgehead atoms. The van der Waals surface area contributed by atoms with Crippen LogP contribution in [0.1, 0.15) is 30.5 Å². The summed E-state index contributed by atoms with van der Waals surface area (Å²) in [5.74, 6) is 3.45. The molecule has 0 spiro atoms. The van der Waals surface area contributed by atoms with E-state index in [1.54, 1.807) is 6.07 Å². The van der Waals surface area contributed by atoms with Crippen LogP contribution in [-0.2, 0) is 4.79 Å². The van der Waals surface area contributed by atoms with Crippen LogP contribution in [0, 0.1) is 26.2 Å². The Morgan fingerprint density at radius 3 is 2.59 bits per heavy atom.